The van der Waals surface area contributed by atoms with E-state index in [-0.39, 0.29) is 5.78 Å². The number of hydrogen-bond donors (Lipinski definition) is 0. The van der Waals surface area contributed by atoms with E-state index in [1.165, 1.54) is 0 Å². The lowest BCUT2D eigenvalue weighted by Crippen LogP contribution is -2.47. The molecule has 0 aliphatic rings. The lowest BCUT2D eigenvalue weighted by molar-refractivity contribution is -0.691. The number of ketones is 1. The molecule has 0 N–H and O–H groups in total. The largest absolute Gasteiger partial charge is 0.758 e. The van der Waals surface area contributed by atoms with E-state index in [0.29, 0.717) is 17.2 Å². The lowest BCUT2D eigenvalue weighted by Gasteiger charge is -2.19. The van der Waals surface area contributed by atoms with E-state index in [4.69, 9.17) is 12.6 Å². The Kier molecular flexibility index (Phi) is 6.84. The average molecular weight is 418 g/mol. The van der Waals surface area contributed by atoms with Crippen LogP contribution in [0.2, 0.25) is 0 Å². The highest BCUT2D eigenvalue weighted by atomic mass is 79.9. The van der Waals surface area contributed by atoms with Crippen molar-refractivity contribution in [3.8, 4) is 0 Å². The minimum Gasteiger partial charge on any atom is -0.758 e. The van der Waals surface area contributed by atoms with E-state index >= 15 is 0 Å². The normalized spacial score (nSPS) is 12.5. The second-order valence-electron chi connectivity index (χ2n) is 5.64. The van der Waals surface area contributed by atoms with Crippen LogP contribution >= 0.6 is 15.9 Å². The highest BCUT2D eigenvalue weighted by Gasteiger charge is 2.28. The number of carbonyl (C=O) groups is 1. The van der Waals surface area contributed by atoms with Gasteiger partial charge in [0.25, 0.3) is 0 Å². The Morgan fingerprint density at radius 1 is 1.36 bits per heavy atom. The van der Waals surface area contributed by atoms with Crippen LogP contribution < -0.4 is 9.47 Å². The van der Waals surface area contributed by atoms with E-state index in [0.717, 1.165) is 10.2 Å². The number of anilines is 1. The molecule has 6 heteroatoms. The van der Waals surface area contributed by atoms with Crippen LogP contribution in [0.4, 0.5) is 5.69 Å². The van der Waals surface area contributed by atoms with Gasteiger partial charge in [0.05, 0.1) is 6.54 Å². The van der Waals surface area contributed by atoms with Gasteiger partial charge in [-0.25, -0.2) is 0 Å². The SMILES string of the molecule is C=CCN=C([S-])[C@@H](C(=O)c1cccc(Br)c1)[n+]1ccc(N(C)C)cc1. The van der Waals surface area contributed by atoms with Crippen molar-refractivity contribution in [3.63, 3.8) is 0 Å². The molecular formula is C19H20BrN3OS. The number of halogens is 1. The summed E-state index contributed by atoms with van der Waals surface area (Å²) < 4.78 is 2.64. The van der Waals surface area contributed by atoms with Gasteiger partial charge in [0.1, 0.15) is 0 Å². The standard InChI is InChI=1S/C19H20BrN3OS/c1-4-10-21-19(25)17(18(24)14-6-5-7-15(20)13-14)23-11-8-16(9-12-23)22(2)3/h4-9,11-13,17H,1,10H2,2-3H3/t17-/m1/s1. The Hall–Kier alpha value is -2.05. The predicted molar refractivity (Wildman–Crippen MR) is 108 cm³/mol. The molecule has 1 aromatic heterocycles. The van der Waals surface area contributed by atoms with Gasteiger partial charge in [-0.3, -0.25) is 4.79 Å². The van der Waals surface area contributed by atoms with E-state index in [2.05, 4.69) is 27.5 Å². The smallest absolute Gasteiger partial charge is 0.237 e. The summed E-state index contributed by atoms with van der Waals surface area (Å²) in [6.45, 7) is 4.04. The van der Waals surface area contributed by atoms with Crippen molar-refractivity contribution in [2.24, 2.45) is 4.99 Å². The Balaban J connectivity index is 2.45. The summed E-state index contributed by atoms with van der Waals surface area (Å²) >= 11 is 8.84. The summed E-state index contributed by atoms with van der Waals surface area (Å²) in [5.41, 5.74) is 1.62. The monoisotopic (exact) mass is 417 g/mol. The van der Waals surface area contributed by atoms with Gasteiger partial charge in [0, 0.05) is 42.0 Å². The number of benzene rings is 1. The zero-order chi connectivity index (χ0) is 18.4. The zero-order valence-corrected chi connectivity index (χ0v) is 16.6. The molecule has 1 heterocycles. The average Bonchev–Trinajstić information content (AvgIpc) is 2.60. The third kappa shape index (κ3) is 4.96. The van der Waals surface area contributed by atoms with Crippen molar-refractivity contribution in [2.75, 3.05) is 25.5 Å². The molecule has 4 nitrogen and oxygen atoms in total. The number of aromatic nitrogens is 1. The number of carbonyl (C=O) groups excluding carboxylic acids is 1. The van der Waals surface area contributed by atoms with Gasteiger partial charge in [-0.1, -0.05) is 34.1 Å². The van der Waals surface area contributed by atoms with E-state index in [1.807, 2.05) is 55.7 Å². The van der Waals surface area contributed by atoms with Crippen LogP contribution in [0.3, 0.4) is 0 Å². The molecule has 25 heavy (non-hydrogen) atoms. The summed E-state index contributed by atoms with van der Waals surface area (Å²) in [4.78, 5) is 19.4. The maximum absolute atomic E-state index is 13.1. The van der Waals surface area contributed by atoms with Gasteiger partial charge in [-0.15, -0.1) is 6.58 Å². The van der Waals surface area contributed by atoms with Crippen LogP contribution in [0.1, 0.15) is 16.4 Å². The van der Waals surface area contributed by atoms with Crippen LogP contribution in [0.25, 0.3) is 0 Å². The molecule has 0 radical (unpaired) electrons. The highest BCUT2D eigenvalue weighted by molar-refractivity contribution is 9.10. The van der Waals surface area contributed by atoms with Gasteiger partial charge < -0.3 is 22.5 Å². The quantitative estimate of drug-likeness (QED) is 0.173. The summed E-state index contributed by atoms with van der Waals surface area (Å²) in [6, 6.07) is 10.5. The van der Waals surface area contributed by atoms with Gasteiger partial charge in [0.15, 0.2) is 12.4 Å². The number of Topliss-reactive ketones (excluding diaryl/α,β-unsaturated/α-hetero) is 1. The van der Waals surface area contributed by atoms with Crippen molar-refractivity contribution >= 4 is 45.1 Å². The van der Waals surface area contributed by atoms with Gasteiger partial charge in [-0.2, -0.15) is 4.57 Å². The van der Waals surface area contributed by atoms with Gasteiger partial charge >= 0.3 is 0 Å². The molecule has 1 aromatic carbocycles. The number of pyridine rings is 1. The van der Waals surface area contributed by atoms with Crippen LogP contribution in [0.15, 0.2) is 70.9 Å². The van der Waals surface area contributed by atoms with Crippen molar-refractivity contribution in [1.29, 1.82) is 0 Å². The number of hydrogen-bond acceptors (Lipinski definition) is 4. The molecule has 0 aliphatic carbocycles. The lowest BCUT2D eigenvalue weighted by atomic mass is 10.0. The summed E-state index contributed by atoms with van der Waals surface area (Å²) in [6.07, 6.45) is 5.37. The van der Waals surface area contributed by atoms with Crippen LogP contribution in [0.5, 0.6) is 0 Å². The van der Waals surface area contributed by atoms with Gasteiger partial charge in [-0.05, 0) is 17.2 Å². The first-order valence-corrected chi connectivity index (χ1v) is 8.94. The summed E-state index contributed by atoms with van der Waals surface area (Å²) in [7, 11) is 3.93. The Morgan fingerprint density at radius 3 is 2.60 bits per heavy atom. The molecule has 0 fully saturated rings. The topological polar surface area (TPSA) is 36.6 Å². The molecule has 0 aliphatic heterocycles. The molecular weight excluding hydrogens is 398 g/mol. The predicted octanol–water partition coefficient (Wildman–Crippen LogP) is 3.36. The fraction of sp³-hybridized carbons (Fsp3) is 0.211. The Bertz CT molecular complexity index is 788. The zero-order valence-electron chi connectivity index (χ0n) is 14.2. The molecule has 0 amide bonds. The minimum atomic E-state index is -0.666. The maximum Gasteiger partial charge on any atom is 0.237 e. The molecule has 2 rings (SSSR count). The van der Waals surface area contributed by atoms with E-state index in [9.17, 15) is 4.79 Å². The number of aliphatic imine (C=N–C) groups is 1. The van der Waals surface area contributed by atoms with Crippen molar-refractivity contribution in [3.05, 3.63) is 71.5 Å². The Labute approximate surface area is 162 Å². The van der Waals surface area contributed by atoms with Crippen molar-refractivity contribution in [2.45, 2.75) is 6.04 Å². The molecule has 0 spiro atoms. The van der Waals surface area contributed by atoms with Gasteiger partial charge in [0.2, 0.25) is 11.8 Å². The Morgan fingerprint density at radius 2 is 2.04 bits per heavy atom. The summed E-state index contributed by atoms with van der Waals surface area (Å²) in [5, 5.41) is 0.340. The molecule has 0 saturated carbocycles. The van der Waals surface area contributed by atoms with Crippen LogP contribution in [0, 0.1) is 0 Å². The fourth-order valence-electron chi connectivity index (χ4n) is 2.32. The second-order valence-corrected chi connectivity index (χ2v) is 6.98. The minimum absolute atomic E-state index is 0.0956. The molecule has 0 bridgehead atoms. The molecule has 2 aromatic rings. The van der Waals surface area contributed by atoms with Crippen LogP contribution in [-0.4, -0.2) is 31.5 Å². The van der Waals surface area contributed by atoms with E-state index in [1.54, 1.807) is 22.8 Å². The van der Waals surface area contributed by atoms with Crippen molar-refractivity contribution in [1.82, 2.24) is 0 Å². The molecule has 0 unspecified atom stereocenters. The first-order valence-electron chi connectivity index (χ1n) is 7.74. The first kappa shape index (κ1) is 19.3. The second kappa shape index (κ2) is 8.87. The fourth-order valence-corrected chi connectivity index (χ4v) is 3.02. The third-order valence-electron chi connectivity index (χ3n) is 3.62. The molecule has 130 valence electrons. The molecule has 1 atom stereocenters. The first-order chi connectivity index (χ1) is 11.9. The number of rotatable bonds is 7. The van der Waals surface area contributed by atoms with Crippen molar-refractivity contribution < 1.29 is 9.36 Å². The summed E-state index contributed by atoms with van der Waals surface area (Å²) in [5.74, 6) is -0.0956. The number of nitrogens with zero attached hydrogens (tertiary/aromatic N) is 3. The highest BCUT2D eigenvalue weighted by Crippen LogP contribution is 2.17. The van der Waals surface area contributed by atoms with E-state index < -0.39 is 6.04 Å². The maximum atomic E-state index is 13.1. The third-order valence-corrected chi connectivity index (χ3v) is 4.46. The molecule has 0 saturated heterocycles. The van der Waals surface area contributed by atoms with Crippen LogP contribution in [-0.2, 0) is 12.6 Å².